The van der Waals surface area contributed by atoms with Gasteiger partial charge in [-0.05, 0) is 45.2 Å². The zero-order valence-electron chi connectivity index (χ0n) is 14.9. The van der Waals surface area contributed by atoms with Crippen molar-refractivity contribution in [3.63, 3.8) is 0 Å². The minimum Gasteiger partial charge on any atom is -0.357 e. The van der Waals surface area contributed by atoms with E-state index in [9.17, 15) is 0 Å². The summed E-state index contributed by atoms with van der Waals surface area (Å²) in [6, 6.07) is 5.74. The Bertz CT molecular complexity index is 525. The molecule has 0 bridgehead atoms. The lowest BCUT2D eigenvalue weighted by atomic mass is 10.2. The molecule has 1 aromatic rings. The predicted molar refractivity (Wildman–Crippen MR) is 115 cm³/mol. The monoisotopic (exact) mass is 462 g/mol. The highest BCUT2D eigenvalue weighted by Gasteiger charge is 2.30. The third-order valence-corrected chi connectivity index (χ3v) is 5.92. The predicted octanol–water partition coefficient (Wildman–Crippen LogP) is 3.75. The molecule has 3 rings (SSSR count). The van der Waals surface area contributed by atoms with Crippen LogP contribution in [0, 0.1) is 6.92 Å². The number of halogens is 1. The Hall–Kier alpha value is -0.340. The molecule has 2 fully saturated rings. The quantitative estimate of drug-likeness (QED) is 0.398. The maximum atomic E-state index is 4.77. The summed E-state index contributed by atoms with van der Waals surface area (Å²) >= 11 is 1.84. The summed E-state index contributed by atoms with van der Waals surface area (Å²) in [5.74, 6) is 0.969. The summed E-state index contributed by atoms with van der Waals surface area (Å²) < 4.78 is 0. The first-order valence-electron chi connectivity index (χ1n) is 9.09. The van der Waals surface area contributed by atoms with Gasteiger partial charge in [0.25, 0.3) is 0 Å². The molecule has 1 aliphatic heterocycles. The van der Waals surface area contributed by atoms with Gasteiger partial charge < -0.3 is 10.6 Å². The van der Waals surface area contributed by atoms with E-state index in [2.05, 4.69) is 41.5 Å². The van der Waals surface area contributed by atoms with Gasteiger partial charge in [-0.3, -0.25) is 4.90 Å². The van der Waals surface area contributed by atoms with Crippen molar-refractivity contribution in [3.05, 3.63) is 21.9 Å². The molecule has 2 N–H and O–H groups in total. The van der Waals surface area contributed by atoms with Gasteiger partial charge in [-0.2, -0.15) is 0 Å². The van der Waals surface area contributed by atoms with Crippen LogP contribution in [0.25, 0.3) is 0 Å². The topological polar surface area (TPSA) is 39.7 Å². The molecule has 0 spiro atoms. The average Bonchev–Trinajstić information content (AvgIpc) is 3.26. The minimum atomic E-state index is 0. The van der Waals surface area contributed by atoms with E-state index in [4.69, 9.17) is 4.99 Å². The van der Waals surface area contributed by atoms with Crippen molar-refractivity contribution in [2.45, 2.75) is 64.6 Å². The van der Waals surface area contributed by atoms with Crippen LogP contribution in [0.5, 0.6) is 0 Å². The van der Waals surface area contributed by atoms with E-state index in [1.54, 1.807) is 0 Å². The van der Waals surface area contributed by atoms with Crippen LogP contribution in [0.1, 0.15) is 48.8 Å². The van der Waals surface area contributed by atoms with Crippen molar-refractivity contribution >= 4 is 41.3 Å². The molecule has 1 atom stereocenters. The smallest absolute Gasteiger partial charge is 0.191 e. The van der Waals surface area contributed by atoms with E-state index in [1.165, 1.54) is 54.9 Å². The molecule has 0 amide bonds. The van der Waals surface area contributed by atoms with Gasteiger partial charge in [0.15, 0.2) is 5.96 Å². The summed E-state index contributed by atoms with van der Waals surface area (Å²) in [4.78, 5) is 10.2. The fourth-order valence-electron chi connectivity index (χ4n) is 3.75. The van der Waals surface area contributed by atoms with Crippen LogP contribution in [0.15, 0.2) is 17.1 Å². The van der Waals surface area contributed by atoms with Crippen molar-refractivity contribution < 1.29 is 0 Å². The van der Waals surface area contributed by atoms with E-state index in [1.807, 2.05) is 11.3 Å². The van der Waals surface area contributed by atoms with Gasteiger partial charge in [-0.25, -0.2) is 4.99 Å². The Kier molecular flexibility index (Phi) is 8.30. The second-order valence-electron chi connectivity index (χ2n) is 6.77. The van der Waals surface area contributed by atoms with Crippen LogP contribution in [0.4, 0.5) is 0 Å². The highest BCUT2D eigenvalue weighted by molar-refractivity contribution is 14.0. The Balaban J connectivity index is 0.00000208. The third-order valence-electron chi connectivity index (χ3n) is 4.93. The summed E-state index contributed by atoms with van der Waals surface area (Å²) in [5, 5.41) is 7.05. The number of nitrogens with one attached hydrogen (secondary N) is 2. The normalized spacial score (nSPS) is 22.6. The lowest BCUT2D eigenvalue weighted by Gasteiger charge is -2.24. The van der Waals surface area contributed by atoms with Gasteiger partial charge in [0.2, 0.25) is 0 Å². The lowest BCUT2D eigenvalue weighted by molar-refractivity contribution is 0.242. The molecule has 1 aromatic heterocycles. The molecule has 1 saturated heterocycles. The first-order valence-corrected chi connectivity index (χ1v) is 9.90. The van der Waals surface area contributed by atoms with Crippen molar-refractivity contribution in [2.24, 2.45) is 4.99 Å². The molecule has 24 heavy (non-hydrogen) atoms. The molecule has 2 heterocycles. The number of guanidine groups is 1. The number of hydrogen-bond donors (Lipinski definition) is 2. The number of aryl methyl sites for hydroxylation is 1. The second-order valence-corrected chi connectivity index (χ2v) is 8.14. The van der Waals surface area contributed by atoms with Gasteiger partial charge in [0, 0.05) is 41.5 Å². The van der Waals surface area contributed by atoms with E-state index in [0.717, 1.165) is 25.1 Å². The summed E-state index contributed by atoms with van der Waals surface area (Å²) in [7, 11) is 0. The SMILES string of the molecule is CCNC(=NCc1ccc(C)s1)NC1CCN(C2CCCC2)C1.I. The fraction of sp³-hybridized carbons (Fsp3) is 0.722. The molecule has 0 aromatic carbocycles. The first-order chi connectivity index (χ1) is 11.2. The molecule has 136 valence electrons. The van der Waals surface area contributed by atoms with Gasteiger partial charge in [-0.15, -0.1) is 35.3 Å². The maximum absolute atomic E-state index is 4.77. The third kappa shape index (κ3) is 5.59. The van der Waals surface area contributed by atoms with E-state index >= 15 is 0 Å². The molecule has 1 unspecified atom stereocenters. The highest BCUT2D eigenvalue weighted by atomic mass is 127. The van der Waals surface area contributed by atoms with Crippen LogP contribution in [0.2, 0.25) is 0 Å². The van der Waals surface area contributed by atoms with Crippen LogP contribution >= 0.6 is 35.3 Å². The second kappa shape index (κ2) is 9.97. The van der Waals surface area contributed by atoms with Gasteiger partial charge in [0.1, 0.15) is 0 Å². The Morgan fingerprint density at radius 3 is 2.75 bits per heavy atom. The minimum absolute atomic E-state index is 0. The average molecular weight is 462 g/mol. The molecule has 2 aliphatic rings. The van der Waals surface area contributed by atoms with Crippen molar-refractivity contribution in [1.82, 2.24) is 15.5 Å². The molecule has 6 heteroatoms. The van der Waals surface area contributed by atoms with Crippen LogP contribution in [0.3, 0.4) is 0 Å². The van der Waals surface area contributed by atoms with Crippen molar-refractivity contribution in [1.29, 1.82) is 0 Å². The number of thiophene rings is 1. The molecular formula is C18H31IN4S. The van der Waals surface area contributed by atoms with Crippen molar-refractivity contribution in [3.8, 4) is 0 Å². The van der Waals surface area contributed by atoms with Crippen LogP contribution in [-0.4, -0.2) is 42.6 Å². The Morgan fingerprint density at radius 1 is 1.29 bits per heavy atom. The van der Waals surface area contributed by atoms with E-state index < -0.39 is 0 Å². The van der Waals surface area contributed by atoms with Gasteiger partial charge in [-0.1, -0.05) is 12.8 Å². The molecular weight excluding hydrogens is 431 g/mol. The zero-order chi connectivity index (χ0) is 16.1. The number of nitrogens with zero attached hydrogens (tertiary/aromatic N) is 2. The van der Waals surface area contributed by atoms with Gasteiger partial charge in [0.05, 0.1) is 6.54 Å². The maximum Gasteiger partial charge on any atom is 0.191 e. The lowest BCUT2D eigenvalue weighted by Crippen LogP contribution is -2.45. The standard InChI is InChI=1S/C18H30N4S.HI/c1-3-19-18(20-12-17-9-8-14(2)23-17)21-15-10-11-22(13-15)16-6-4-5-7-16;/h8-9,15-16H,3-7,10-13H2,1-2H3,(H2,19,20,21);1H. The summed E-state index contributed by atoms with van der Waals surface area (Å²) in [6.07, 6.45) is 6.88. The van der Waals surface area contributed by atoms with E-state index in [0.29, 0.717) is 6.04 Å². The first kappa shape index (κ1) is 20.0. The largest absolute Gasteiger partial charge is 0.357 e. The van der Waals surface area contributed by atoms with Crippen LogP contribution in [-0.2, 0) is 6.54 Å². The Labute approximate surface area is 167 Å². The summed E-state index contributed by atoms with van der Waals surface area (Å²) in [5.41, 5.74) is 0. The molecule has 1 aliphatic carbocycles. The van der Waals surface area contributed by atoms with Crippen molar-refractivity contribution in [2.75, 3.05) is 19.6 Å². The molecule has 0 radical (unpaired) electrons. The number of aliphatic imine (C=N–C) groups is 1. The fourth-order valence-corrected chi connectivity index (χ4v) is 4.56. The molecule has 1 saturated carbocycles. The number of likely N-dealkylation sites (tertiary alicyclic amines) is 1. The molecule has 4 nitrogen and oxygen atoms in total. The van der Waals surface area contributed by atoms with E-state index in [-0.39, 0.29) is 24.0 Å². The highest BCUT2D eigenvalue weighted by Crippen LogP contribution is 2.26. The number of hydrogen-bond acceptors (Lipinski definition) is 3. The number of rotatable bonds is 5. The summed E-state index contributed by atoms with van der Waals surface area (Å²) in [6.45, 7) is 8.38. The zero-order valence-corrected chi connectivity index (χ0v) is 18.0. The Morgan fingerprint density at radius 2 is 2.08 bits per heavy atom. The van der Waals surface area contributed by atoms with Crippen LogP contribution < -0.4 is 10.6 Å². The van der Waals surface area contributed by atoms with Gasteiger partial charge >= 0.3 is 0 Å².